The van der Waals surface area contributed by atoms with Crippen LogP contribution in [0.3, 0.4) is 0 Å². The highest BCUT2D eigenvalue weighted by molar-refractivity contribution is 5.63. The van der Waals surface area contributed by atoms with E-state index in [2.05, 4.69) is 15.3 Å². The van der Waals surface area contributed by atoms with E-state index in [0.29, 0.717) is 6.61 Å². The smallest absolute Gasteiger partial charge is 0.129 e. The number of nitrogens with zero attached hydrogens (tertiary/aromatic N) is 2. The molecule has 0 aliphatic carbocycles. The highest BCUT2D eigenvalue weighted by atomic mass is 16.5. The van der Waals surface area contributed by atoms with Crippen LogP contribution in [0.1, 0.15) is 13.8 Å². The summed E-state index contributed by atoms with van der Waals surface area (Å²) in [7, 11) is 0. The van der Waals surface area contributed by atoms with Crippen LogP contribution in [0.15, 0.2) is 36.7 Å². The van der Waals surface area contributed by atoms with Gasteiger partial charge >= 0.3 is 0 Å². The van der Waals surface area contributed by atoms with Gasteiger partial charge in [0.1, 0.15) is 17.9 Å². The van der Waals surface area contributed by atoms with Crippen molar-refractivity contribution in [2.75, 3.05) is 18.5 Å². The zero-order valence-corrected chi connectivity index (χ0v) is 10.7. The Labute approximate surface area is 107 Å². The van der Waals surface area contributed by atoms with Crippen LogP contribution in [0.2, 0.25) is 0 Å². The zero-order valence-electron chi connectivity index (χ0n) is 10.7. The van der Waals surface area contributed by atoms with Gasteiger partial charge in [-0.1, -0.05) is 12.1 Å². The van der Waals surface area contributed by atoms with Crippen LogP contribution in [-0.2, 0) is 0 Å². The van der Waals surface area contributed by atoms with Gasteiger partial charge in [-0.2, -0.15) is 0 Å². The van der Waals surface area contributed by atoms with Crippen molar-refractivity contribution in [2.24, 2.45) is 0 Å². The molecule has 0 radical (unpaired) electrons. The zero-order chi connectivity index (χ0) is 12.8. The normalized spacial score (nSPS) is 10.1. The molecule has 0 aliphatic heterocycles. The second-order valence-corrected chi connectivity index (χ2v) is 3.78. The van der Waals surface area contributed by atoms with Crippen LogP contribution < -0.4 is 10.1 Å². The van der Waals surface area contributed by atoms with Crippen LogP contribution in [0.4, 0.5) is 5.82 Å². The summed E-state index contributed by atoms with van der Waals surface area (Å²) in [5.41, 5.74) is 1.92. The van der Waals surface area contributed by atoms with E-state index in [9.17, 15) is 0 Å². The third-order valence-electron chi connectivity index (χ3n) is 2.47. The van der Waals surface area contributed by atoms with Crippen LogP contribution in [0, 0.1) is 0 Å². The Hall–Kier alpha value is -2.10. The van der Waals surface area contributed by atoms with E-state index in [1.54, 1.807) is 6.33 Å². The molecule has 0 saturated carbocycles. The second-order valence-electron chi connectivity index (χ2n) is 3.78. The van der Waals surface area contributed by atoms with E-state index >= 15 is 0 Å². The van der Waals surface area contributed by atoms with Crippen molar-refractivity contribution in [1.82, 2.24) is 9.97 Å². The molecule has 4 nitrogen and oxygen atoms in total. The molecular formula is C14H17N3O. The van der Waals surface area contributed by atoms with Gasteiger partial charge in [-0.3, -0.25) is 0 Å². The van der Waals surface area contributed by atoms with Crippen LogP contribution in [0.5, 0.6) is 5.75 Å². The number of nitrogens with one attached hydrogen (secondary N) is 1. The summed E-state index contributed by atoms with van der Waals surface area (Å²) in [4.78, 5) is 8.45. The lowest BCUT2D eigenvalue weighted by Gasteiger charge is -2.07. The Kier molecular flexibility index (Phi) is 4.12. The topological polar surface area (TPSA) is 47.0 Å². The SMILES string of the molecule is CCNc1cc(-c2cccc(OCC)c2)ncn1. The van der Waals surface area contributed by atoms with Crippen molar-refractivity contribution in [2.45, 2.75) is 13.8 Å². The lowest BCUT2D eigenvalue weighted by molar-refractivity contribution is 0.340. The molecule has 94 valence electrons. The van der Waals surface area contributed by atoms with Gasteiger partial charge in [-0.25, -0.2) is 9.97 Å². The fourth-order valence-corrected chi connectivity index (χ4v) is 1.70. The minimum Gasteiger partial charge on any atom is -0.494 e. The maximum atomic E-state index is 5.49. The van der Waals surface area contributed by atoms with Crippen LogP contribution in [-0.4, -0.2) is 23.1 Å². The maximum absolute atomic E-state index is 5.49. The molecule has 18 heavy (non-hydrogen) atoms. The van der Waals surface area contributed by atoms with Gasteiger partial charge in [-0.05, 0) is 26.0 Å². The van der Waals surface area contributed by atoms with Crippen molar-refractivity contribution in [3.8, 4) is 17.0 Å². The van der Waals surface area contributed by atoms with E-state index in [-0.39, 0.29) is 0 Å². The number of ether oxygens (including phenoxy) is 1. The lowest BCUT2D eigenvalue weighted by Crippen LogP contribution is -2.00. The Morgan fingerprint density at radius 1 is 1.17 bits per heavy atom. The number of anilines is 1. The summed E-state index contributed by atoms with van der Waals surface area (Å²) in [6, 6.07) is 9.85. The standard InChI is InChI=1S/C14H17N3O/c1-3-15-14-9-13(16-10-17-14)11-6-5-7-12(8-11)18-4-2/h5-10H,3-4H2,1-2H3,(H,15,16,17). The quantitative estimate of drug-likeness (QED) is 0.877. The van der Waals surface area contributed by atoms with Gasteiger partial charge in [0.15, 0.2) is 0 Å². The fourth-order valence-electron chi connectivity index (χ4n) is 1.70. The molecule has 0 fully saturated rings. The molecule has 0 atom stereocenters. The average molecular weight is 243 g/mol. The molecular weight excluding hydrogens is 226 g/mol. The summed E-state index contributed by atoms with van der Waals surface area (Å²) >= 11 is 0. The molecule has 2 rings (SSSR count). The number of hydrogen-bond donors (Lipinski definition) is 1. The minimum absolute atomic E-state index is 0.663. The largest absolute Gasteiger partial charge is 0.494 e. The fraction of sp³-hybridized carbons (Fsp3) is 0.286. The first kappa shape index (κ1) is 12.4. The van der Waals surface area contributed by atoms with E-state index in [0.717, 1.165) is 29.4 Å². The van der Waals surface area contributed by atoms with Gasteiger partial charge in [-0.15, -0.1) is 0 Å². The number of hydrogen-bond acceptors (Lipinski definition) is 4. The molecule has 1 aromatic heterocycles. The van der Waals surface area contributed by atoms with E-state index < -0.39 is 0 Å². The minimum atomic E-state index is 0.663. The first-order chi connectivity index (χ1) is 8.83. The van der Waals surface area contributed by atoms with Crippen LogP contribution >= 0.6 is 0 Å². The molecule has 0 aliphatic rings. The highest BCUT2D eigenvalue weighted by Crippen LogP contribution is 2.23. The molecule has 0 saturated heterocycles. The first-order valence-electron chi connectivity index (χ1n) is 6.12. The van der Waals surface area contributed by atoms with E-state index in [4.69, 9.17) is 4.74 Å². The molecule has 0 unspecified atom stereocenters. The molecule has 1 aromatic carbocycles. The predicted molar refractivity (Wildman–Crippen MR) is 72.8 cm³/mol. The lowest BCUT2D eigenvalue weighted by atomic mass is 10.1. The molecule has 0 spiro atoms. The summed E-state index contributed by atoms with van der Waals surface area (Å²) in [6.45, 7) is 5.52. The second kappa shape index (κ2) is 6.00. The third-order valence-corrected chi connectivity index (χ3v) is 2.47. The highest BCUT2D eigenvalue weighted by Gasteiger charge is 2.03. The Morgan fingerprint density at radius 3 is 2.83 bits per heavy atom. The van der Waals surface area contributed by atoms with Gasteiger partial charge in [0.2, 0.25) is 0 Å². The predicted octanol–water partition coefficient (Wildman–Crippen LogP) is 2.97. The molecule has 0 bridgehead atoms. The van der Waals surface area contributed by atoms with Crippen LogP contribution in [0.25, 0.3) is 11.3 Å². The molecule has 1 heterocycles. The Bertz CT molecular complexity index is 466. The molecule has 1 N–H and O–H groups in total. The average Bonchev–Trinajstić information content (AvgIpc) is 2.40. The Morgan fingerprint density at radius 2 is 2.06 bits per heavy atom. The summed E-state index contributed by atoms with van der Waals surface area (Å²) in [6.07, 6.45) is 1.57. The molecule has 0 amide bonds. The Balaban J connectivity index is 2.29. The number of aromatic nitrogens is 2. The monoisotopic (exact) mass is 243 g/mol. The van der Waals surface area contributed by atoms with Gasteiger partial charge in [0, 0.05) is 18.2 Å². The molecule has 4 heteroatoms. The summed E-state index contributed by atoms with van der Waals surface area (Å²) < 4.78 is 5.49. The first-order valence-corrected chi connectivity index (χ1v) is 6.12. The number of rotatable bonds is 5. The van der Waals surface area contributed by atoms with Crippen molar-refractivity contribution in [3.05, 3.63) is 36.7 Å². The van der Waals surface area contributed by atoms with Crippen molar-refractivity contribution in [3.63, 3.8) is 0 Å². The van der Waals surface area contributed by atoms with Gasteiger partial charge in [0.05, 0.1) is 12.3 Å². The maximum Gasteiger partial charge on any atom is 0.129 e. The van der Waals surface area contributed by atoms with Crippen molar-refractivity contribution < 1.29 is 4.74 Å². The summed E-state index contributed by atoms with van der Waals surface area (Å²) in [5.74, 6) is 1.70. The summed E-state index contributed by atoms with van der Waals surface area (Å²) in [5, 5.41) is 3.18. The van der Waals surface area contributed by atoms with Gasteiger partial charge in [0.25, 0.3) is 0 Å². The molecule has 2 aromatic rings. The van der Waals surface area contributed by atoms with Crippen molar-refractivity contribution >= 4 is 5.82 Å². The van der Waals surface area contributed by atoms with E-state index in [1.165, 1.54) is 0 Å². The van der Waals surface area contributed by atoms with Gasteiger partial charge < -0.3 is 10.1 Å². The van der Waals surface area contributed by atoms with Crippen molar-refractivity contribution in [1.29, 1.82) is 0 Å². The van der Waals surface area contributed by atoms with E-state index in [1.807, 2.05) is 44.2 Å². The number of benzene rings is 1. The third kappa shape index (κ3) is 2.97.